The van der Waals surface area contributed by atoms with Gasteiger partial charge in [0.1, 0.15) is 0 Å². The molecule has 76 valence electrons. The molecular formula is C10H18ClNS. The van der Waals surface area contributed by atoms with E-state index in [-0.39, 0.29) is 0 Å². The highest BCUT2D eigenvalue weighted by molar-refractivity contribution is 7.99. The summed E-state index contributed by atoms with van der Waals surface area (Å²) >= 11 is 7.54. The maximum Gasteiger partial charge on any atom is 0.0201 e. The average molecular weight is 220 g/mol. The topological polar surface area (TPSA) is 12.0 Å². The molecule has 1 rings (SSSR count). The normalized spacial score (nSPS) is 28.8. The first kappa shape index (κ1) is 11.4. The van der Waals surface area contributed by atoms with Crippen LogP contribution in [0.1, 0.15) is 26.2 Å². The minimum atomic E-state index is 0.706. The van der Waals surface area contributed by atoms with Crippen LogP contribution < -0.4 is 5.32 Å². The SMILES string of the molecule is CCSC1CCCC1NC/C=C/Cl. The lowest BCUT2D eigenvalue weighted by Crippen LogP contribution is -2.34. The smallest absolute Gasteiger partial charge is 0.0201 e. The average Bonchev–Trinajstić information content (AvgIpc) is 2.54. The molecule has 1 aliphatic rings. The van der Waals surface area contributed by atoms with Crippen LogP contribution in [-0.4, -0.2) is 23.6 Å². The molecule has 1 fully saturated rings. The Balaban J connectivity index is 2.22. The molecule has 1 N–H and O–H groups in total. The first-order valence-corrected chi connectivity index (χ1v) is 6.47. The summed E-state index contributed by atoms with van der Waals surface area (Å²) in [5, 5.41) is 4.35. The van der Waals surface area contributed by atoms with E-state index in [1.165, 1.54) is 25.0 Å². The van der Waals surface area contributed by atoms with Gasteiger partial charge in [-0.25, -0.2) is 0 Å². The highest BCUT2D eigenvalue weighted by Gasteiger charge is 2.25. The summed E-state index contributed by atoms with van der Waals surface area (Å²) < 4.78 is 0. The second-order valence-corrected chi connectivity index (χ2v) is 5.07. The van der Waals surface area contributed by atoms with Crippen LogP contribution in [0.4, 0.5) is 0 Å². The van der Waals surface area contributed by atoms with Gasteiger partial charge in [-0.2, -0.15) is 11.8 Å². The summed E-state index contributed by atoms with van der Waals surface area (Å²) in [4.78, 5) is 0. The van der Waals surface area contributed by atoms with Crippen molar-refractivity contribution in [3.8, 4) is 0 Å². The van der Waals surface area contributed by atoms with E-state index in [4.69, 9.17) is 11.6 Å². The molecule has 0 spiro atoms. The molecule has 0 aliphatic heterocycles. The van der Waals surface area contributed by atoms with Crippen molar-refractivity contribution in [3.63, 3.8) is 0 Å². The van der Waals surface area contributed by atoms with Crippen molar-refractivity contribution in [3.05, 3.63) is 11.6 Å². The van der Waals surface area contributed by atoms with Crippen LogP contribution in [0.5, 0.6) is 0 Å². The van der Waals surface area contributed by atoms with Gasteiger partial charge in [0.05, 0.1) is 0 Å². The predicted octanol–water partition coefficient (Wildman–Crippen LogP) is 3.00. The van der Waals surface area contributed by atoms with Gasteiger partial charge in [0.25, 0.3) is 0 Å². The first-order valence-electron chi connectivity index (χ1n) is 4.98. The van der Waals surface area contributed by atoms with Gasteiger partial charge in [-0.05, 0) is 18.6 Å². The Bertz CT molecular complexity index is 161. The van der Waals surface area contributed by atoms with Gasteiger partial charge in [0.15, 0.2) is 0 Å². The standard InChI is InChI=1S/C10H18ClNS/c1-2-13-10-6-3-5-9(10)12-8-4-7-11/h4,7,9-10,12H,2-3,5-6,8H2,1H3/b7-4+. The zero-order valence-corrected chi connectivity index (χ0v) is 9.70. The molecule has 13 heavy (non-hydrogen) atoms. The summed E-state index contributed by atoms with van der Waals surface area (Å²) in [5.74, 6) is 1.23. The predicted molar refractivity (Wildman–Crippen MR) is 62.6 cm³/mol. The Labute approximate surface area is 90.3 Å². The van der Waals surface area contributed by atoms with Gasteiger partial charge in [-0.3, -0.25) is 0 Å². The van der Waals surface area contributed by atoms with Crippen LogP contribution in [0.25, 0.3) is 0 Å². The molecular weight excluding hydrogens is 202 g/mol. The van der Waals surface area contributed by atoms with E-state index in [1.807, 2.05) is 6.08 Å². The Hall–Kier alpha value is 0.340. The fourth-order valence-electron chi connectivity index (χ4n) is 1.84. The minimum Gasteiger partial charge on any atom is -0.309 e. The zero-order chi connectivity index (χ0) is 9.52. The molecule has 0 bridgehead atoms. The fourth-order valence-corrected chi connectivity index (χ4v) is 3.15. The molecule has 2 atom stereocenters. The summed E-state index contributed by atoms with van der Waals surface area (Å²) in [6.07, 6.45) is 6.04. The highest BCUT2D eigenvalue weighted by Crippen LogP contribution is 2.29. The van der Waals surface area contributed by atoms with Gasteiger partial charge in [-0.1, -0.05) is 31.0 Å². The summed E-state index contributed by atoms with van der Waals surface area (Å²) in [6.45, 7) is 3.15. The molecule has 0 aromatic carbocycles. The van der Waals surface area contributed by atoms with Gasteiger partial charge >= 0.3 is 0 Å². The van der Waals surface area contributed by atoms with Crippen LogP contribution >= 0.6 is 23.4 Å². The van der Waals surface area contributed by atoms with Crippen molar-refractivity contribution in [1.82, 2.24) is 5.32 Å². The molecule has 0 aromatic rings. The first-order chi connectivity index (χ1) is 6.38. The van der Waals surface area contributed by atoms with Crippen LogP contribution in [0.3, 0.4) is 0 Å². The van der Waals surface area contributed by atoms with Crippen LogP contribution in [0.15, 0.2) is 11.6 Å². The van der Waals surface area contributed by atoms with Gasteiger partial charge in [0, 0.05) is 23.4 Å². The van der Waals surface area contributed by atoms with E-state index in [0.717, 1.165) is 11.8 Å². The highest BCUT2D eigenvalue weighted by atomic mass is 35.5. The molecule has 1 aliphatic carbocycles. The largest absolute Gasteiger partial charge is 0.309 e. The maximum absolute atomic E-state index is 5.46. The molecule has 1 nitrogen and oxygen atoms in total. The molecule has 0 saturated heterocycles. The number of thioether (sulfide) groups is 1. The summed E-state index contributed by atoms with van der Waals surface area (Å²) in [5.41, 5.74) is 1.59. The third-order valence-corrected chi connectivity index (χ3v) is 3.92. The Morgan fingerprint density at radius 3 is 3.08 bits per heavy atom. The van der Waals surface area contributed by atoms with Crippen molar-refractivity contribution in [2.24, 2.45) is 0 Å². The molecule has 0 radical (unpaired) electrons. The van der Waals surface area contributed by atoms with Crippen molar-refractivity contribution < 1.29 is 0 Å². The molecule has 2 unspecified atom stereocenters. The van der Waals surface area contributed by atoms with Gasteiger partial charge in [0.2, 0.25) is 0 Å². The van der Waals surface area contributed by atoms with Crippen LogP contribution in [-0.2, 0) is 0 Å². The lowest BCUT2D eigenvalue weighted by atomic mass is 10.2. The van der Waals surface area contributed by atoms with Gasteiger partial charge < -0.3 is 5.32 Å². The van der Waals surface area contributed by atoms with E-state index >= 15 is 0 Å². The van der Waals surface area contributed by atoms with Crippen molar-refractivity contribution >= 4 is 23.4 Å². The van der Waals surface area contributed by atoms with E-state index < -0.39 is 0 Å². The number of hydrogen-bond donors (Lipinski definition) is 1. The quantitative estimate of drug-likeness (QED) is 0.763. The van der Waals surface area contributed by atoms with Crippen LogP contribution in [0, 0.1) is 0 Å². The van der Waals surface area contributed by atoms with E-state index in [2.05, 4.69) is 24.0 Å². The van der Waals surface area contributed by atoms with E-state index in [9.17, 15) is 0 Å². The van der Waals surface area contributed by atoms with E-state index in [1.54, 1.807) is 5.54 Å². The second kappa shape index (κ2) is 6.74. The summed E-state index contributed by atoms with van der Waals surface area (Å²) in [7, 11) is 0. The second-order valence-electron chi connectivity index (χ2n) is 3.30. The molecule has 0 amide bonds. The lowest BCUT2D eigenvalue weighted by Gasteiger charge is -2.19. The Kier molecular flexibility index (Phi) is 5.92. The fraction of sp³-hybridized carbons (Fsp3) is 0.800. The zero-order valence-electron chi connectivity index (χ0n) is 8.13. The number of hydrogen-bond acceptors (Lipinski definition) is 2. The van der Waals surface area contributed by atoms with E-state index in [0.29, 0.717) is 6.04 Å². The van der Waals surface area contributed by atoms with Crippen molar-refractivity contribution in [2.75, 3.05) is 12.3 Å². The number of halogens is 1. The molecule has 3 heteroatoms. The van der Waals surface area contributed by atoms with Gasteiger partial charge in [-0.15, -0.1) is 0 Å². The molecule has 1 saturated carbocycles. The third kappa shape index (κ3) is 3.92. The Morgan fingerprint density at radius 1 is 1.54 bits per heavy atom. The van der Waals surface area contributed by atoms with Crippen molar-refractivity contribution in [2.45, 2.75) is 37.5 Å². The summed E-state index contributed by atoms with van der Waals surface area (Å²) in [6, 6.07) is 0.706. The minimum absolute atomic E-state index is 0.706. The number of rotatable bonds is 5. The number of nitrogens with one attached hydrogen (secondary N) is 1. The molecule has 0 aromatic heterocycles. The monoisotopic (exact) mass is 219 g/mol. The van der Waals surface area contributed by atoms with Crippen LogP contribution in [0.2, 0.25) is 0 Å². The molecule has 0 heterocycles. The third-order valence-electron chi connectivity index (χ3n) is 2.42. The maximum atomic E-state index is 5.46. The Morgan fingerprint density at radius 2 is 2.38 bits per heavy atom. The van der Waals surface area contributed by atoms with Crippen molar-refractivity contribution in [1.29, 1.82) is 0 Å². The lowest BCUT2D eigenvalue weighted by molar-refractivity contribution is 0.565.